The average Bonchev–Trinajstić information content (AvgIpc) is 2.56. The molecule has 2 rings (SSSR count). The molecule has 98 valence electrons. The minimum atomic E-state index is -0.984. The number of benzene rings is 1. The molecular weight excluding hydrogens is 238 g/mol. The van der Waals surface area contributed by atoms with Crippen LogP contribution in [0.15, 0.2) is 18.2 Å². The van der Waals surface area contributed by atoms with Crippen LogP contribution < -0.4 is 5.32 Å². The first-order chi connectivity index (χ1) is 8.58. The minimum Gasteiger partial charge on any atom is -0.337 e. The van der Waals surface area contributed by atoms with E-state index in [0.717, 1.165) is 25.1 Å². The third-order valence-electron chi connectivity index (χ3n) is 3.05. The van der Waals surface area contributed by atoms with Gasteiger partial charge in [-0.25, -0.2) is 8.78 Å². The van der Waals surface area contributed by atoms with Crippen LogP contribution in [0.2, 0.25) is 0 Å². The highest BCUT2D eigenvalue weighted by Crippen LogP contribution is 2.12. The van der Waals surface area contributed by atoms with Crippen molar-refractivity contribution in [3.05, 3.63) is 35.4 Å². The number of hydrogen-bond donors (Lipinski definition) is 1. The standard InChI is InChI=1S/C13H16F2N2O/c1-9-8-17(6-2-5-16-9)13(18)10-3-4-11(14)12(15)7-10/h3-4,7,9,16H,2,5-6,8H2,1H3. The van der Waals surface area contributed by atoms with E-state index in [4.69, 9.17) is 0 Å². The molecule has 1 aliphatic rings. The van der Waals surface area contributed by atoms with Gasteiger partial charge in [0.1, 0.15) is 0 Å². The Hall–Kier alpha value is -1.49. The smallest absolute Gasteiger partial charge is 0.254 e. The first-order valence-corrected chi connectivity index (χ1v) is 6.05. The second-order valence-electron chi connectivity index (χ2n) is 4.59. The molecule has 1 aromatic rings. The number of nitrogens with zero attached hydrogens (tertiary/aromatic N) is 1. The highest BCUT2D eigenvalue weighted by atomic mass is 19.2. The lowest BCUT2D eigenvalue weighted by Crippen LogP contribution is -2.38. The molecule has 0 radical (unpaired) electrons. The number of rotatable bonds is 1. The molecule has 0 saturated carbocycles. The van der Waals surface area contributed by atoms with Gasteiger partial charge in [-0.05, 0) is 38.1 Å². The van der Waals surface area contributed by atoms with Crippen molar-refractivity contribution < 1.29 is 13.6 Å². The SMILES string of the molecule is CC1CN(C(=O)c2ccc(F)c(F)c2)CCCN1. The summed E-state index contributed by atoms with van der Waals surface area (Å²) in [7, 11) is 0. The van der Waals surface area contributed by atoms with Crippen molar-refractivity contribution >= 4 is 5.91 Å². The fourth-order valence-corrected chi connectivity index (χ4v) is 2.10. The van der Waals surface area contributed by atoms with E-state index in [1.54, 1.807) is 4.90 Å². The molecule has 1 fully saturated rings. The number of carbonyl (C=O) groups excluding carboxylic acids is 1. The molecule has 1 heterocycles. The third kappa shape index (κ3) is 2.85. The Labute approximate surface area is 105 Å². The van der Waals surface area contributed by atoms with E-state index < -0.39 is 11.6 Å². The Bertz CT molecular complexity index is 451. The van der Waals surface area contributed by atoms with Gasteiger partial charge in [0.05, 0.1) is 0 Å². The normalized spacial score (nSPS) is 20.6. The second kappa shape index (κ2) is 5.44. The molecule has 0 aromatic heterocycles. The van der Waals surface area contributed by atoms with Crippen molar-refractivity contribution in [1.29, 1.82) is 0 Å². The highest BCUT2D eigenvalue weighted by Gasteiger charge is 2.21. The van der Waals surface area contributed by atoms with Crippen LogP contribution >= 0.6 is 0 Å². The van der Waals surface area contributed by atoms with Gasteiger partial charge in [-0.2, -0.15) is 0 Å². The van der Waals surface area contributed by atoms with Crippen molar-refractivity contribution in [3.8, 4) is 0 Å². The van der Waals surface area contributed by atoms with Crippen LogP contribution in [0, 0.1) is 11.6 Å². The summed E-state index contributed by atoms with van der Waals surface area (Å²) < 4.78 is 25.9. The molecule has 1 N–H and O–H groups in total. The van der Waals surface area contributed by atoms with Crippen molar-refractivity contribution in [1.82, 2.24) is 10.2 Å². The van der Waals surface area contributed by atoms with Crippen LogP contribution in [-0.4, -0.2) is 36.5 Å². The molecule has 1 atom stereocenters. The summed E-state index contributed by atoms with van der Waals surface area (Å²) in [6.45, 7) is 4.08. The van der Waals surface area contributed by atoms with Crippen LogP contribution in [-0.2, 0) is 0 Å². The average molecular weight is 254 g/mol. The largest absolute Gasteiger partial charge is 0.337 e. The predicted octanol–water partition coefficient (Wildman–Crippen LogP) is 1.79. The summed E-state index contributed by atoms with van der Waals surface area (Å²) in [6, 6.07) is 3.48. The fourth-order valence-electron chi connectivity index (χ4n) is 2.10. The van der Waals surface area contributed by atoms with E-state index in [9.17, 15) is 13.6 Å². The first kappa shape index (κ1) is 13.0. The zero-order valence-electron chi connectivity index (χ0n) is 10.2. The predicted molar refractivity (Wildman–Crippen MR) is 64.3 cm³/mol. The zero-order chi connectivity index (χ0) is 13.1. The lowest BCUT2D eigenvalue weighted by atomic mass is 10.1. The molecule has 1 saturated heterocycles. The molecule has 0 aliphatic carbocycles. The summed E-state index contributed by atoms with van der Waals surface area (Å²) in [5.41, 5.74) is 0.197. The molecule has 5 heteroatoms. The van der Waals surface area contributed by atoms with Gasteiger partial charge in [0.15, 0.2) is 11.6 Å². The van der Waals surface area contributed by atoms with E-state index in [1.165, 1.54) is 6.07 Å². The van der Waals surface area contributed by atoms with Crippen LogP contribution in [0.4, 0.5) is 8.78 Å². The van der Waals surface area contributed by atoms with Crippen LogP contribution in [0.5, 0.6) is 0 Å². The maximum Gasteiger partial charge on any atom is 0.254 e. The number of carbonyl (C=O) groups is 1. The molecule has 1 unspecified atom stereocenters. The topological polar surface area (TPSA) is 32.3 Å². The quantitative estimate of drug-likeness (QED) is 0.828. The Morgan fingerprint density at radius 1 is 1.39 bits per heavy atom. The van der Waals surface area contributed by atoms with Crippen molar-refractivity contribution in [2.45, 2.75) is 19.4 Å². The lowest BCUT2D eigenvalue weighted by Gasteiger charge is -2.22. The maximum atomic E-state index is 13.1. The number of nitrogens with one attached hydrogen (secondary N) is 1. The number of amides is 1. The van der Waals surface area contributed by atoms with E-state index in [0.29, 0.717) is 13.1 Å². The van der Waals surface area contributed by atoms with Gasteiger partial charge in [0.25, 0.3) is 5.91 Å². The summed E-state index contributed by atoms with van der Waals surface area (Å²) in [5, 5.41) is 3.27. The van der Waals surface area contributed by atoms with Crippen LogP contribution in [0.1, 0.15) is 23.7 Å². The van der Waals surface area contributed by atoms with E-state index in [1.807, 2.05) is 6.92 Å². The van der Waals surface area contributed by atoms with E-state index >= 15 is 0 Å². The molecule has 18 heavy (non-hydrogen) atoms. The molecule has 3 nitrogen and oxygen atoms in total. The van der Waals surface area contributed by atoms with E-state index in [-0.39, 0.29) is 17.5 Å². The van der Waals surface area contributed by atoms with Gasteiger partial charge in [-0.1, -0.05) is 0 Å². The molecule has 0 spiro atoms. The molecule has 1 aliphatic heterocycles. The van der Waals surface area contributed by atoms with Crippen LogP contribution in [0.3, 0.4) is 0 Å². The molecule has 1 aromatic carbocycles. The maximum absolute atomic E-state index is 13.1. The molecule has 1 amide bonds. The zero-order valence-corrected chi connectivity index (χ0v) is 10.2. The molecular formula is C13H16F2N2O. The van der Waals surface area contributed by atoms with E-state index in [2.05, 4.69) is 5.32 Å². The Morgan fingerprint density at radius 2 is 2.17 bits per heavy atom. The first-order valence-electron chi connectivity index (χ1n) is 6.05. The summed E-state index contributed by atoms with van der Waals surface area (Å²) >= 11 is 0. The molecule has 0 bridgehead atoms. The van der Waals surface area contributed by atoms with Gasteiger partial charge in [-0.3, -0.25) is 4.79 Å². The summed E-state index contributed by atoms with van der Waals surface area (Å²) in [5.74, 6) is -2.16. The van der Waals surface area contributed by atoms with Crippen LogP contribution in [0.25, 0.3) is 0 Å². The second-order valence-corrected chi connectivity index (χ2v) is 4.59. The summed E-state index contributed by atoms with van der Waals surface area (Å²) in [4.78, 5) is 13.8. The monoisotopic (exact) mass is 254 g/mol. The Balaban J connectivity index is 2.16. The van der Waals surface area contributed by atoms with Gasteiger partial charge < -0.3 is 10.2 Å². The van der Waals surface area contributed by atoms with Crippen molar-refractivity contribution in [2.75, 3.05) is 19.6 Å². The van der Waals surface area contributed by atoms with Gasteiger partial charge in [-0.15, -0.1) is 0 Å². The van der Waals surface area contributed by atoms with Gasteiger partial charge in [0, 0.05) is 24.7 Å². The lowest BCUT2D eigenvalue weighted by molar-refractivity contribution is 0.0754. The van der Waals surface area contributed by atoms with Crippen molar-refractivity contribution in [3.63, 3.8) is 0 Å². The summed E-state index contributed by atoms with van der Waals surface area (Å²) in [6.07, 6.45) is 0.861. The Morgan fingerprint density at radius 3 is 2.89 bits per heavy atom. The van der Waals surface area contributed by atoms with Gasteiger partial charge in [0.2, 0.25) is 0 Å². The number of halogens is 2. The van der Waals surface area contributed by atoms with Crippen molar-refractivity contribution in [2.24, 2.45) is 0 Å². The van der Waals surface area contributed by atoms with Gasteiger partial charge >= 0.3 is 0 Å². The highest BCUT2D eigenvalue weighted by molar-refractivity contribution is 5.94. The Kier molecular flexibility index (Phi) is 3.91. The number of hydrogen-bond acceptors (Lipinski definition) is 2. The minimum absolute atomic E-state index is 0.197. The third-order valence-corrected chi connectivity index (χ3v) is 3.05. The fraction of sp³-hybridized carbons (Fsp3) is 0.462.